The number of piperidine rings is 1. The van der Waals surface area contributed by atoms with Crippen LogP contribution in [-0.2, 0) is 21.2 Å². The Morgan fingerprint density at radius 1 is 1.26 bits per heavy atom. The molecule has 1 N–H and O–H groups in total. The second-order valence-corrected chi connectivity index (χ2v) is 8.24. The Bertz CT molecular complexity index is 608. The first-order valence-electron chi connectivity index (χ1n) is 8.24. The monoisotopic (exact) mass is 338 g/mol. The molecule has 0 spiro atoms. The fraction of sp³-hybridized carbons (Fsp3) is 0.588. The second kappa shape index (κ2) is 7.93. The van der Waals surface area contributed by atoms with Gasteiger partial charge >= 0.3 is 0 Å². The number of carbonyl (C=O) groups excluding carboxylic acids is 1. The third kappa shape index (κ3) is 5.32. The number of rotatable bonds is 6. The second-order valence-electron chi connectivity index (χ2n) is 6.20. The van der Waals surface area contributed by atoms with Crippen LogP contribution in [0.4, 0.5) is 0 Å². The number of nitrogens with zero attached hydrogens (tertiary/aromatic N) is 1. The van der Waals surface area contributed by atoms with E-state index in [0.29, 0.717) is 19.0 Å². The van der Waals surface area contributed by atoms with Crippen molar-refractivity contribution in [3.8, 4) is 0 Å². The molecule has 1 saturated heterocycles. The van der Waals surface area contributed by atoms with E-state index in [1.807, 2.05) is 6.07 Å². The molecular formula is C17H26N2O3S. The molecule has 1 aliphatic heterocycles. The van der Waals surface area contributed by atoms with Crippen molar-refractivity contribution in [2.24, 2.45) is 5.92 Å². The topological polar surface area (TPSA) is 66.5 Å². The first kappa shape index (κ1) is 17.9. The minimum atomic E-state index is -3.35. The number of likely N-dealkylation sites (tertiary alicyclic amines) is 1. The Labute approximate surface area is 139 Å². The summed E-state index contributed by atoms with van der Waals surface area (Å²) in [6.07, 6.45) is 2.97. The number of nitrogens with one attached hydrogen (secondary N) is 1. The highest BCUT2D eigenvalue weighted by Crippen LogP contribution is 2.22. The third-order valence-corrected chi connectivity index (χ3v) is 5.87. The Morgan fingerprint density at radius 3 is 2.43 bits per heavy atom. The maximum Gasteiger partial charge on any atom is 0.240 e. The Balaban J connectivity index is 1.83. The maximum absolute atomic E-state index is 12.4. The van der Waals surface area contributed by atoms with E-state index in [1.165, 1.54) is 5.56 Å². The van der Waals surface area contributed by atoms with Crippen LogP contribution in [0.1, 0.15) is 32.3 Å². The van der Waals surface area contributed by atoms with Gasteiger partial charge in [-0.3, -0.25) is 4.79 Å². The van der Waals surface area contributed by atoms with E-state index < -0.39 is 16.1 Å². The molecule has 128 valence electrons. The van der Waals surface area contributed by atoms with Crippen LogP contribution in [-0.4, -0.2) is 44.1 Å². The summed E-state index contributed by atoms with van der Waals surface area (Å²) in [6.45, 7) is 4.59. The molecule has 6 heteroatoms. The zero-order chi connectivity index (χ0) is 16.9. The molecule has 0 radical (unpaired) electrons. The average Bonchev–Trinajstić information content (AvgIpc) is 2.55. The lowest BCUT2D eigenvalue weighted by Gasteiger charge is -2.33. The van der Waals surface area contributed by atoms with Gasteiger partial charge in [0.15, 0.2) is 0 Å². The van der Waals surface area contributed by atoms with E-state index in [4.69, 9.17) is 0 Å². The average molecular weight is 338 g/mol. The van der Waals surface area contributed by atoms with Gasteiger partial charge in [0.2, 0.25) is 15.9 Å². The minimum absolute atomic E-state index is 0.0101. The molecule has 1 heterocycles. The summed E-state index contributed by atoms with van der Waals surface area (Å²) in [5.41, 5.74) is 1.33. The summed E-state index contributed by atoms with van der Waals surface area (Å²) in [5, 5.41) is 0. The SMILES string of the molecule is CCS(=O)(=O)N[C@H](C)C(=O)N1CCC(Cc2ccccc2)CC1. The van der Waals surface area contributed by atoms with Crippen molar-refractivity contribution in [2.75, 3.05) is 18.8 Å². The van der Waals surface area contributed by atoms with Crippen LogP contribution < -0.4 is 4.72 Å². The van der Waals surface area contributed by atoms with Crippen molar-refractivity contribution in [3.63, 3.8) is 0 Å². The Hall–Kier alpha value is -1.40. The van der Waals surface area contributed by atoms with Gasteiger partial charge in [0.25, 0.3) is 0 Å². The normalized spacial score (nSPS) is 17.9. The molecule has 0 unspecified atom stereocenters. The number of carbonyl (C=O) groups is 1. The highest BCUT2D eigenvalue weighted by Gasteiger charge is 2.27. The number of hydrogen-bond acceptors (Lipinski definition) is 3. The molecule has 0 aromatic heterocycles. The van der Waals surface area contributed by atoms with Crippen molar-refractivity contribution in [3.05, 3.63) is 35.9 Å². The van der Waals surface area contributed by atoms with Gasteiger partial charge in [-0.25, -0.2) is 13.1 Å². The zero-order valence-corrected chi connectivity index (χ0v) is 14.7. The Morgan fingerprint density at radius 2 is 1.87 bits per heavy atom. The van der Waals surface area contributed by atoms with Crippen molar-refractivity contribution < 1.29 is 13.2 Å². The van der Waals surface area contributed by atoms with Gasteiger partial charge in [0.1, 0.15) is 0 Å². The molecule has 5 nitrogen and oxygen atoms in total. The summed E-state index contributed by atoms with van der Waals surface area (Å²) < 4.78 is 25.6. The lowest BCUT2D eigenvalue weighted by atomic mass is 9.90. The van der Waals surface area contributed by atoms with Crippen molar-refractivity contribution in [1.82, 2.24) is 9.62 Å². The first-order valence-corrected chi connectivity index (χ1v) is 9.89. The molecule has 1 amide bonds. The van der Waals surface area contributed by atoms with Crippen LogP contribution in [0.5, 0.6) is 0 Å². The van der Waals surface area contributed by atoms with Crippen LogP contribution in [0.15, 0.2) is 30.3 Å². The van der Waals surface area contributed by atoms with Gasteiger partial charge in [-0.2, -0.15) is 0 Å². The lowest BCUT2D eigenvalue weighted by Crippen LogP contribution is -2.49. The highest BCUT2D eigenvalue weighted by molar-refractivity contribution is 7.89. The smallest absolute Gasteiger partial charge is 0.240 e. The van der Waals surface area contributed by atoms with Gasteiger partial charge in [0.05, 0.1) is 11.8 Å². The summed E-state index contributed by atoms with van der Waals surface area (Å²) in [4.78, 5) is 14.1. The van der Waals surface area contributed by atoms with E-state index in [9.17, 15) is 13.2 Å². The summed E-state index contributed by atoms with van der Waals surface area (Å²) in [6, 6.07) is 9.71. The van der Waals surface area contributed by atoms with Crippen molar-refractivity contribution in [2.45, 2.75) is 39.2 Å². The van der Waals surface area contributed by atoms with Gasteiger partial charge in [-0.15, -0.1) is 0 Å². The van der Waals surface area contributed by atoms with Crippen LogP contribution >= 0.6 is 0 Å². The van der Waals surface area contributed by atoms with E-state index in [1.54, 1.807) is 18.7 Å². The number of hydrogen-bond donors (Lipinski definition) is 1. The van der Waals surface area contributed by atoms with E-state index in [0.717, 1.165) is 19.3 Å². The minimum Gasteiger partial charge on any atom is -0.341 e. The maximum atomic E-state index is 12.4. The highest BCUT2D eigenvalue weighted by atomic mass is 32.2. The predicted octanol–water partition coefficient (Wildman–Crippen LogP) is 1.80. The fourth-order valence-corrected chi connectivity index (χ4v) is 3.79. The van der Waals surface area contributed by atoms with Gasteiger partial charge in [0, 0.05) is 13.1 Å². The lowest BCUT2D eigenvalue weighted by molar-refractivity contribution is -0.133. The molecule has 1 atom stereocenters. The van der Waals surface area contributed by atoms with E-state index >= 15 is 0 Å². The summed E-state index contributed by atoms with van der Waals surface area (Å²) >= 11 is 0. The molecule has 1 aliphatic rings. The molecular weight excluding hydrogens is 312 g/mol. The van der Waals surface area contributed by atoms with Crippen LogP contribution in [0.25, 0.3) is 0 Å². The zero-order valence-electron chi connectivity index (χ0n) is 13.9. The van der Waals surface area contributed by atoms with Gasteiger partial charge < -0.3 is 4.90 Å². The number of benzene rings is 1. The van der Waals surface area contributed by atoms with E-state index in [-0.39, 0.29) is 11.7 Å². The standard InChI is InChI=1S/C17H26N2O3S/c1-3-23(21,22)18-14(2)17(20)19-11-9-16(10-12-19)13-15-7-5-4-6-8-15/h4-8,14,16,18H,3,9-13H2,1-2H3/t14-/m1/s1. The van der Waals surface area contributed by atoms with Crippen LogP contribution in [0.3, 0.4) is 0 Å². The van der Waals surface area contributed by atoms with Crippen molar-refractivity contribution in [1.29, 1.82) is 0 Å². The van der Waals surface area contributed by atoms with Gasteiger partial charge in [-0.05, 0) is 44.6 Å². The molecule has 2 rings (SSSR count). The molecule has 0 bridgehead atoms. The van der Waals surface area contributed by atoms with Crippen LogP contribution in [0, 0.1) is 5.92 Å². The van der Waals surface area contributed by atoms with Gasteiger partial charge in [-0.1, -0.05) is 30.3 Å². The molecule has 23 heavy (non-hydrogen) atoms. The molecule has 1 fully saturated rings. The molecule has 0 aliphatic carbocycles. The summed E-state index contributed by atoms with van der Waals surface area (Å²) in [5.74, 6) is 0.452. The van der Waals surface area contributed by atoms with Crippen molar-refractivity contribution >= 4 is 15.9 Å². The molecule has 0 saturated carbocycles. The summed E-state index contributed by atoms with van der Waals surface area (Å²) in [7, 11) is -3.35. The largest absolute Gasteiger partial charge is 0.341 e. The third-order valence-electron chi connectivity index (χ3n) is 4.40. The molecule has 1 aromatic rings. The predicted molar refractivity (Wildman–Crippen MR) is 91.5 cm³/mol. The number of sulfonamides is 1. The fourth-order valence-electron chi connectivity index (χ4n) is 2.98. The Kier molecular flexibility index (Phi) is 6.18. The quantitative estimate of drug-likeness (QED) is 0.860. The van der Waals surface area contributed by atoms with Crippen LogP contribution in [0.2, 0.25) is 0 Å². The first-order chi connectivity index (χ1) is 10.9. The number of amides is 1. The van der Waals surface area contributed by atoms with E-state index in [2.05, 4.69) is 29.0 Å². The molecule has 1 aromatic carbocycles.